The third-order valence-electron chi connectivity index (χ3n) is 6.99. The van der Waals surface area contributed by atoms with Gasteiger partial charge in [0.25, 0.3) is 5.56 Å². The van der Waals surface area contributed by atoms with E-state index in [1.165, 1.54) is 4.57 Å². The molecule has 0 radical (unpaired) electrons. The van der Waals surface area contributed by atoms with E-state index in [4.69, 9.17) is 4.74 Å². The molecule has 13 heteroatoms. The number of aliphatic hydroxyl groups is 1. The fourth-order valence-electron chi connectivity index (χ4n) is 4.93. The molecule has 2 N–H and O–H groups in total. The number of benzene rings is 3. The quantitative estimate of drug-likeness (QED) is 0.249. The van der Waals surface area contributed by atoms with E-state index in [2.05, 4.69) is 14.7 Å². The number of anilines is 1. The topological polar surface area (TPSA) is 123 Å². The second-order valence-electron chi connectivity index (χ2n) is 10.3. The molecule has 0 spiro atoms. The molecule has 228 valence electrons. The Labute approximate surface area is 250 Å². The number of hydrogen-bond donors (Lipinski definition) is 2. The number of ether oxygens (including phenoxy) is 1. The van der Waals surface area contributed by atoms with E-state index < -0.39 is 34.0 Å². The van der Waals surface area contributed by atoms with Crippen LogP contribution in [0.2, 0.25) is 0 Å². The van der Waals surface area contributed by atoms with Gasteiger partial charge < -0.3 is 14.4 Å². The molecule has 0 aliphatic carbocycles. The van der Waals surface area contributed by atoms with Crippen LogP contribution in [0.3, 0.4) is 0 Å². The molecular weight excluding hydrogens is 597 g/mol. The predicted molar refractivity (Wildman–Crippen MR) is 160 cm³/mol. The lowest BCUT2D eigenvalue weighted by Gasteiger charge is -2.34. The number of aliphatic hydroxyl groups excluding tert-OH is 1. The van der Waals surface area contributed by atoms with E-state index in [1.54, 1.807) is 74.8 Å². The van der Waals surface area contributed by atoms with Crippen molar-refractivity contribution in [2.45, 2.75) is 18.7 Å². The number of nitrogens with zero attached hydrogens (tertiary/aromatic N) is 3. The molecule has 0 aliphatic rings. The van der Waals surface area contributed by atoms with Gasteiger partial charge in [0, 0.05) is 29.8 Å². The Balaban J connectivity index is 1.81. The molecule has 3 aromatic carbocycles. The highest BCUT2D eigenvalue weighted by molar-refractivity contribution is 7.92. The molecule has 5 aromatic rings. The lowest BCUT2D eigenvalue weighted by Crippen LogP contribution is -2.40. The Hall–Kier alpha value is -4.75. The highest BCUT2D eigenvalue weighted by Crippen LogP contribution is 2.40. The molecule has 0 saturated heterocycles. The number of pyridine rings is 1. The van der Waals surface area contributed by atoms with E-state index in [-0.39, 0.29) is 28.5 Å². The number of halogens is 3. The molecule has 9 nitrogen and oxygen atoms in total. The summed E-state index contributed by atoms with van der Waals surface area (Å²) in [5.74, 6) is -0.310. The minimum Gasteiger partial charge on any atom is -0.474 e. The van der Waals surface area contributed by atoms with Gasteiger partial charge in [-0.2, -0.15) is 13.2 Å². The first-order valence-electron chi connectivity index (χ1n) is 13.2. The number of alkyl halides is 3. The normalized spacial score (nSPS) is 13.4. The van der Waals surface area contributed by atoms with Crippen LogP contribution in [0.25, 0.3) is 22.0 Å². The highest BCUT2D eigenvalue weighted by Gasteiger charge is 2.41. The van der Waals surface area contributed by atoms with Crippen molar-refractivity contribution in [1.82, 2.24) is 14.5 Å². The van der Waals surface area contributed by atoms with Crippen molar-refractivity contribution in [3.8, 4) is 16.9 Å². The van der Waals surface area contributed by atoms with Crippen LogP contribution < -0.4 is 15.0 Å². The fourth-order valence-corrected chi connectivity index (χ4v) is 5.35. The first-order chi connectivity index (χ1) is 20.7. The minimum absolute atomic E-state index is 0.00914. The van der Waals surface area contributed by atoms with E-state index in [9.17, 15) is 31.5 Å². The van der Waals surface area contributed by atoms with Gasteiger partial charge in [-0.1, -0.05) is 36.4 Å². The lowest BCUT2D eigenvalue weighted by atomic mass is 9.87. The van der Waals surface area contributed by atoms with Gasteiger partial charge in [0.15, 0.2) is 5.60 Å². The molecule has 2 aromatic heterocycles. The molecule has 1 atom stereocenters. The summed E-state index contributed by atoms with van der Waals surface area (Å²) in [5.41, 5.74) is -0.319. The van der Waals surface area contributed by atoms with Crippen molar-refractivity contribution < 1.29 is 31.4 Å². The van der Waals surface area contributed by atoms with E-state index in [1.807, 2.05) is 0 Å². The summed E-state index contributed by atoms with van der Waals surface area (Å²) in [4.78, 5) is 21.2. The Kier molecular flexibility index (Phi) is 7.95. The van der Waals surface area contributed by atoms with Crippen molar-refractivity contribution in [3.63, 3.8) is 0 Å². The molecule has 2 heterocycles. The monoisotopic (exact) mass is 624 g/mol. The van der Waals surface area contributed by atoms with Crippen molar-refractivity contribution in [1.29, 1.82) is 0 Å². The summed E-state index contributed by atoms with van der Waals surface area (Å²) >= 11 is 0. The van der Waals surface area contributed by atoms with Gasteiger partial charge in [0.1, 0.15) is 11.4 Å². The van der Waals surface area contributed by atoms with Crippen molar-refractivity contribution in [3.05, 3.63) is 118 Å². The Bertz CT molecular complexity index is 1990. The van der Waals surface area contributed by atoms with E-state index in [0.717, 1.165) is 30.5 Å². The average molecular weight is 625 g/mol. The molecule has 44 heavy (non-hydrogen) atoms. The molecule has 0 aliphatic heterocycles. The lowest BCUT2D eigenvalue weighted by molar-refractivity contribution is -0.137. The van der Waals surface area contributed by atoms with Crippen LogP contribution in [0.4, 0.5) is 19.1 Å². The number of nitrogens with one attached hydrogen (secondary N) is 1. The number of aromatic nitrogens is 3. The van der Waals surface area contributed by atoms with Crippen LogP contribution in [-0.4, -0.2) is 40.9 Å². The van der Waals surface area contributed by atoms with Crippen LogP contribution in [0.15, 0.2) is 89.9 Å². The molecule has 5 rings (SSSR count). The molecule has 0 amide bonds. The molecular formula is C31H27F3N4O5S. The SMILES string of the molecule is Cc1cc(-c2ccc3nc(NS(C)(=O)=O)nc(C(CO)(Oc4ccc(C(F)(F)F)cc4)c4ccccc4)c3c2)cn(C)c1=O. The molecule has 0 bridgehead atoms. The fraction of sp³-hybridized carbons (Fsp3) is 0.194. The number of aryl methyl sites for hydroxylation is 2. The zero-order valence-corrected chi connectivity index (χ0v) is 24.6. The summed E-state index contributed by atoms with van der Waals surface area (Å²) < 4.78 is 74.3. The first-order valence-corrected chi connectivity index (χ1v) is 15.1. The average Bonchev–Trinajstić information content (AvgIpc) is 2.97. The van der Waals surface area contributed by atoms with Gasteiger partial charge in [0.05, 0.1) is 23.9 Å². The molecule has 0 fully saturated rings. The maximum Gasteiger partial charge on any atom is 0.416 e. The summed E-state index contributed by atoms with van der Waals surface area (Å²) in [6.45, 7) is 0.945. The van der Waals surface area contributed by atoms with Crippen LogP contribution >= 0.6 is 0 Å². The van der Waals surface area contributed by atoms with Crippen LogP contribution in [0, 0.1) is 6.92 Å². The van der Waals surface area contributed by atoms with Gasteiger partial charge >= 0.3 is 6.18 Å². The van der Waals surface area contributed by atoms with Gasteiger partial charge in [-0.3, -0.25) is 9.52 Å². The first kappa shape index (κ1) is 30.7. The molecule has 0 saturated carbocycles. The second kappa shape index (κ2) is 11.4. The summed E-state index contributed by atoms with van der Waals surface area (Å²) in [6.07, 6.45) is -1.98. The number of sulfonamides is 1. The van der Waals surface area contributed by atoms with Gasteiger partial charge in [-0.05, 0) is 60.5 Å². The maximum absolute atomic E-state index is 13.3. The maximum atomic E-state index is 13.3. The second-order valence-corrected chi connectivity index (χ2v) is 12.1. The minimum atomic E-state index is -4.57. The Morgan fingerprint density at radius 3 is 2.20 bits per heavy atom. The number of rotatable bonds is 8. The Morgan fingerprint density at radius 1 is 0.932 bits per heavy atom. The number of fused-ring (bicyclic) bond motifs is 1. The predicted octanol–water partition coefficient (Wildman–Crippen LogP) is 5.01. The van der Waals surface area contributed by atoms with Crippen LogP contribution in [-0.2, 0) is 28.8 Å². The van der Waals surface area contributed by atoms with Gasteiger partial charge in [0.2, 0.25) is 16.0 Å². The van der Waals surface area contributed by atoms with E-state index in [0.29, 0.717) is 27.6 Å². The number of hydrogen-bond acceptors (Lipinski definition) is 7. The van der Waals surface area contributed by atoms with Gasteiger partial charge in [-0.15, -0.1) is 0 Å². The third-order valence-corrected chi connectivity index (χ3v) is 7.54. The van der Waals surface area contributed by atoms with Crippen LogP contribution in [0.5, 0.6) is 5.75 Å². The largest absolute Gasteiger partial charge is 0.474 e. The summed E-state index contributed by atoms with van der Waals surface area (Å²) in [5, 5.41) is 11.4. The third kappa shape index (κ3) is 6.15. The smallest absolute Gasteiger partial charge is 0.416 e. The van der Waals surface area contributed by atoms with Crippen molar-refractivity contribution in [2.75, 3.05) is 17.6 Å². The van der Waals surface area contributed by atoms with Crippen LogP contribution in [0.1, 0.15) is 22.4 Å². The van der Waals surface area contributed by atoms with Crippen molar-refractivity contribution >= 4 is 26.9 Å². The summed E-state index contributed by atoms with van der Waals surface area (Å²) in [7, 11) is -2.21. The van der Waals surface area contributed by atoms with Crippen molar-refractivity contribution in [2.24, 2.45) is 7.05 Å². The zero-order valence-electron chi connectivity index (χ0n) is 23.8. The standard InChI is InChI=1S/C31H27F3N4O5S/c1-19-15-21(17-38(2)28(19)40)20-9-14-26-25(16-20)27(36-29(35-26)37-44(3,41)42)30(18-39,22-7-5-4-6-8-22)43-24-12-10-23(11-13-24)31(32,33)34/h4-17,39H,18H2,1-3H3,(H,35,36,37). The summed E-state index contributed by atoms with van der Waals surface area (Å²) in [6, 6.07) is 19.2. The van der Waals surface area contributed by atoms with Gasteiger partial charge in [-0.25, -0.2) is 18.4 Å². The zero-order chi connectivity index (χ0) is 31.9. The highest BCUT2D eigenvalue weighted by atomic mass is 32.2. The Morgan fingerprint density at radius 2 is 1.61 bits per heavy atom. The molecule has 1 unspecified atom stereocenters. The van der Waals surface area contributed by atoms with E-state index >= 15 is 0 Å².